The molecule has 0 radical (unpaired) electrons. The molecule has 0 spiro atoms. The fraction of sp³-hybridized carbons (Fsp3) is 0.600. The van der Waals surface area contributed by atoms with Crippen LogP contribution in [0.4, 0.5) is 0 Å². The predicted molar refractivity (Wildman–Crippen MR) is 120 cm³/mol. The van der Waals surface area contributed by atoms with Crippen molar-refractivity contribution in [2.24, 2.45) is 34.5 Å². The van der Waals surface area contributed by atoms with E-state index in [9.17, 15) is 9.59 Å². The lowest BCUT2D eigenvalue weighted by atomic mass is 9.47. The first-order chi connectivity index (χ1) is 14.3. The molecule has 5 unspecified atom stereocenters. The van der Waals surface area contributed by atoms with Gasteiger partial charge in [0, 0.05) is 17.4 Å². The molecule has 1 amide bonds. The van der Waals surface area contributed by atoms with Crippen molar-refractivity contribution >= 4 is 34.9 Å². The van der Waals surface area contributed by atoms with Crippen molar-refractivity contribution < 1.29 is 9.59 Å². The lowest BCUT2D eigenvalue weighted by Gasteiger charge is -2.58. The quantitative estimate of drug-likeness (QED) is 0.559. The van der Waals surface area contributed by atoms with Crippen LogP contribution in [0.15, 0.2) is 30.4 Å². The zero-order valence-electron chi connectivity index (χ0n) is 17.6. The summed E-state index contributed by atoms with van der Waals surface area (Å²) < 4.78 is 0. The van der Waals surface area contributed by atoms with E-state index in [2.05, 4.69) is 25.2 Å². The summed E-state index contributed by atoms with van der Waals surface area (Å²) in [5.74, 6) is 1.84. The Morgan fingerprint density at radius 3 is 2.50 bits per heavy atom. The van der Waals surface area contributed by atoms with E-state index in [1.54, 1.807) is 24.3 Å². The number of amides is 1. The Kier molecular flexibility index (Phi) is 4.87. The Hall–Kier alpha value is -1.32. The van der Waals surface area contributed by atoms with E-state index in [-0.39, 0.29) is 34.5 Å². The number of halogens is 2. The molecule has 7 atom stereocenters. The number of hydrogen-bond acceptors (Lipinski definition) is 2. The van der Waals surface area contributed by atoms with Crippen LogP contribution in [-0.2, 0) is 4.79 Å². The molecule has 1 N–H and O–H groups in total. The van der Waals surface area contributed by atoms with E-state index in [0.717, 1.165) is 38.5 Å². The highest BCUT2D eigenvalue weighted by atomic mass is 35.5. The van der Waals surface area contributed by atoms with Gasteiger partial charge in [0.05, 0.1) is 15.6 Å². The third kappa shape index (κ3) is 2.84. The summed E-state index contributed by atoms with van der Waals surface area (Å²) in [5.41, 5.74) is 0.515. The van der Waals surface area contributed by atoms with Crippen molar-refractivity contribution in [3.05, 3.63) is 46.0 Å². The number of carbonyl (C=O) groups is 2. The third-order valence-electron chi connectivity index (χ3n) is 9.21. The first kappa shape index (κ1) is 20.6. The summed E-state index contributed by atoms with van der Waals surface area (Å²) in [4.78, 5) is 25.5. The second-order valence-corrected chi connectivity index (χ2v) is 11.2. The first-order valence-electron chi connectivity index (χ1n) is 11.2. The van der Waals surface area contributed by atoms with Crippen LogP contribution < -0.4 is 5.32 Å². The molecular formula is C25H29Cl2NO2. The zero-order valence-corrected chi connectivity index (χ0v) is 19.1. The number of hydrogen-bond donors (Lipinski definition) is 1. The molecule has 1 aromatic carbocycles. The predicted octanol–water partition coefficient (Wildman–Crippen LogP) is 6.09. The molecule has 0 bridgehead atoms. The molecule has 160 valence electrons. The lowest BCUT2D eigenvalue weighted by Crippen LogP contribution is -2.59. The van der Waals surface area contributed by atoms with Gasteiger partial charge in [-0.25, -0.2) is 0 Å². The van der Waals surface area contributed by atoms with Crippen molar-refractivity contribution in [3.63, 3.8) is 0 Å². The van der Waals surface area contributed by atoms with E-state index < -0.39 is 0 Å². The number of fused-ring (bicyclic) bond motifs is 5. The standard InChI is InChI=1S/C25H29Cl2NO2/c1-24-12-10-16-14(6-9-20-25(16,2)13-11-21(29)28-20)15(24)7-8-17(24)23(30)22-18(26)4-3-5-19(22)27/h3-5,11,13-17,20H,6-10,12H2,1-2H3,(H,28,29)/t14?,15?,16?,17?,20-,24?,25-/m1/s1. The van der Waals surface area contributed by atoms with E-state index in [1.165, 1.54) is 0 Å². The van der Waals surface area contributed by atoms with Crippen LogP contribution >= 0.6 is 23.2 Å². The summed E-state index contributed by atoms with van der Waals surface area (Å²) in [6.45, 7) is 4.66. The van der Waals surface area contributed by atoms with Crippen LogP contribution in [0.2, 0.25) is 10.0 Å². The molecular weight excluding hydrogens is 417 g/mol. The Bertz CT molecular complexity index is 923. The molecule has 5 heteroatoms. The first-order valence-corrected chi connectivity index (χ1v) is 12.0. The highest BCUT2D eigenvalue weighted by Crippen LogP contribution is 2.65. The Balaban J connectivity index is 1.45. The van der Waals surface area contributed by atoms with Gasteiger partial charge in [0.15, 0.2) is 5.78 Å². The minimum atomic E-state index is -0.0204. The minimum Gasteiger partial charge on any atom is -0.349 e. The fourth-order valence-electron chi connectivity index (χ4n) is 7.67. The van der Waals surface area contributed by atoms with Gasteiger partial charge in [-0.05, 0) is 79.9 Å². The van der Waals surface area contributed by atoms with E-state index in [1.807, 2.05) is 0 Å². The van der Waals surface area contributed by atoms with Crippen molar-refractivity contribution in [1.82, 2.24) is 5.32 Å². The molecule has 1 aliphatic heterocycles. The Morgan fingerprint density at radius 1 is 1.03 bits per heavy atom. The average Bonchev–Trinajstić information content (AvgIpc) is 3.05. The summed E-state index contributed by atoms with van der Waals surface area (Å²) >= 11 is 12.8. The highest BCUT2D eigenvalue weighted by Gasteiger charge is 2.61. The average molecular weight is 446 g/mol. The number of ketones is 1. The van der Waals surface area contributed by atoms with Crippen molar-refractivity contribution in [3.8, 4) is 0 Å². The summed E-state index contributed by atoms with van der Waals surface area (Å²) in [5, 5.41) is 4.14. The van der Waals surface area contributed by atoms with Crippen LogP contribution in [0.3, 0.4) is 0 Å². The SMILES string of the molecule is CC12CCC3C(CC[C@H]4NC(=O)C=C[C@]34C)C1CCC2C(=O)c1c(Cl)cccc1Cl. The topological polar surface area (TPSA) is 46.2 Å². The van der Waals surface area contributed by atoms with Crippen LogP contribution in [0.25, 0.3) is 0 Å². The van der Waals surface area contributed by atoms with Gasteiger partial charge in [0.25, 0.3) is 0 Å². The number of carbonyl (C=O) groups excluding carboxylic acids is 2. The number of nitrogens with one attached hydrogen (secondary N) is 1. The monoisotopic (exact) mass is 445 g/mol. The molecule has 3 aliphatic carbocycles. The van der Waals surface area contributed by atoms with Crippen LogP contribution in [0.1, 0.15) is 62.7 Å². The van der Waals surface area contributed by atoms with Crippen molar-refractivity contribution in [1.29, 1.82) is 0 Å². The molecule has 3 fully saturated rings. The largest absolute Gasteiger partial charge is 0.349 e. The van der Waals surface area contributed by atoms with E-state index >= 15 is 0 Å². The van der Waals surface area contributed by atoms with Gasteiger partial charge in [-0.15, -0.1) is 0 Å². The molecule has 3 nitrogen and oxygen atoms in total. The molecule has 4 aliphatic rings. The van der Waals surface area contributed by atoms with Gasteiger partial charge in [0.2, 0.25) is 5.91 Å². The van der Waals surface area contributed by atoms with E-state index in [4.69, 9.17) is 23.2 Å². The van der Waals surface area contributed by atoms with E-state index in [0.29, 0.717) is 33.4 Å². The van der Waals surface area contributed by atoms with Crippen LogP contribution in [-0.4, -0.2) is 17.7 Å². The van der Waals surface area contributed by atoms with Gasteiger partial charge < -0.3 is 5.32 Å². The van der Waals surface area contributed by atoms with Gasteiger partial charge in [-0.3, -0.25) is 9.59 Å². The fourth-order valence-corrected chi connectivity index (χ4v) is 8.26. The molecule has 0 aromatic heterocycles. The molecule has 3 saturated carbocycles. The molecule has 1 aromatic rings. The zero-order chi connectivity index (χ0) is 21.3. The van der Waals surface area contributed by atoms with Gasteiger partial charge in [-0.2, -0.15) is 0 Å². The lowest BCUT2D eigenvalue weighted by molar-refractivity contribution is -0.122. The van der Waals surface area contributed by atoms with Crippen LogP contribution in [0.5, 0.6) is 0 Å². The number of Topliss-reactive ketones (excluding diaryl/α,β-unsaturated/α-hetero) is 1. The smallest absolute Gasteiger partial charge is 0.243 e. The number of rotatable bonds is 2. The summed E-state index contributed by atoms with van der Waals surface area (Å²) in [7, 11) is 0. The van der Waals surface area contributed by atoms with Crippen molar-refractivity contribution in [2.45, 2.75) is 58.4 Å². The maximum atomic E-state index is 13.6. The van der Waals surface area contributed by atoms with Crippen LogP contribution in [0, 0.1) is 34.5 Å². The molecule has 30 heavy (non-hydrogen) atoms. The highest BCUT2D eigenvalue weighted by molar-refractivity contribution is 6.40. The van der Waals surface area contributed by atoms with Gasteiger partial charge in [-0.1, -0.05) is 49.2 Å². The maximum Gasteiger partial charge on any atom is 0.243 e. The summed E-state index contributed by atoms with van der Waals surface area (Å²) in [6.07, 6.45) is 10.2. The molecule has 5 rings (SSSR count). The molecule has 0 saturated heterocycles. The second-order valence-electron chi connectivity index (χ2n) is 10.4. The van der Waals surface area contributed by atoms with Gasteiger partial charge in [0.1, 0.15) is 0 Å². The van der Waals surface area contributed by atoms with Gasteiger partial charge >= 0.3 is 0 Å². The molecule has 1 heterocycles. The van der Waals surface area contributed by atoms with Crippen molar-refractivity contribution in [2.75, 3.05) is 0 Å². The normalized spacial score (nSPS) is 42.1. The maximum absolute atomic E-state index is 13.6. The third-order valence-corrected chi connectivity index (χ3v) is 9.84. The number of benzene rings is 1. The minimum absolute atomic E-state index is 0.00836. The summed E-state index contributed by atoms with van der Waals surface area (Å²) in [6, 6.07) is 5.55. The second kappa shape index (κ2) is 7.10. The Morgan fingerprint density at radius 2 is 1.77 bits per heavy atom. The Labute approximate surface area is 188 Å².